The van der Waals surface area contributed by atoms with Crippen LogP contribution in [-0.2, 0) is 22.6 Å². The number of carbonyl (C=O) groups is 2. The summed E-state index contributed by atoms with van der Waals surface area (Å²) in [5, 5.41) is 5.56. The van der Waals surface area contributed by atoms with Crippen molar-refractivity contribution in [1.82, 2.24) is 10.6 Å². The number of amides is 2. The monoisotopic (exact) mass is 356 g/mol. The standard InChI is InChI=1S/C21H25FN2O2/c1-21(2,20(26)24-15-17-10-12-18(22)13-11-17)19(25)23-14-6-9-16-7-4-3-5-8-16/h3-5,7-8,10-13H,6,9,14-15H2,1-2H3,(H,23,25)(H,24,26). The molecule has 0 aliphatic heterocycles. The second-order valence-electron chi connectivity index (χ2n) is 6.78. The van der Waals surface area contributed by atoms with Gasteiger partial charge in [0.25, 0.3) is 0 Å². The first kappa shape index (κ1) is 19.6. The molecule has 138 valence electrons. The van der Waals surface area contributed by atoms with Crippen molar-refractivity contribution in [2.45, 2.75) is 33.2 Å². The molecule has 0 radical (unpaired) electrons. The fourth-order valence-electron chi connectivity index (χ4n) is 2.47. The highest BCUT2D eigenvalue weighted by Gasteiger charge is 2.35. The van der Waals surface area contributed by atoms with Crippen molar-refractivity contribution in [3.05, 3.63) is 71.5 Å². The number of rotatable bonds is 8. The number of carbonyl (C=O) groups excluding carboxylic acids is 2. The minimum Gasteiger partial charge on any atom is -0.355 e. The summed E-state index contributed by atoms with van der Waals surface area (Å²) in [5.74, 6) is -0.986. The normalized spacial score (nSPS) is 11.0. The van der Waals surface area contributed by atoms with E-state index in [4.69, 9.17) is 0 Å². The van der Waals surface area contributed by atoms with Crippen LogP contribution >= 0.6 is 0 Å². The quantitative estimate of drug-likeness (QED) is 0.564. The molecule has 0 unspecified atom stereocenters. The molecule has 0 aromatic heterocycles. The molecular weight excluding hydrogens is 331 g/mol. The predicted molar refractivity (Wildman–Crippen MR) is 99.8 cm³/mol. The molecule has 0 atom stereocenters. The number of aryl methyl sites for hydroxylation is 1. The minimum atomic E-state index is -1.17. The number of halogens is 1. The van der Waals surface area contributed by atoms with Crippen molar-refractivity contribution in [2.24, 2.45) is 5.41 Å². The van der Waals surface area contributed by atoms with Crippen molar-refractivity contribution in [3.8, 4) is 0 Å². The summed E-state index contributed by atoms with van der Waals surface area (Å²) in [6, 6.07) is 15.9. The van der Waals surface area contributed by atoms with Crippen LogP contribution in [0.4, 0.5) is 4.39 Å². The van der Waals surface area contributed by atoms with Gasteiger partial charge in [0.1, 0.15) is 11.2 Å². The lowest BCUT2D eigenvalue weighted by Gasteiger charge is -2.22. The van der Waals surface area contributed by atoms with Gasteiger partial charge in [-0.3, -0.25) is 9.59 Å². The molecule has 2 amide bonds. The molecule has 0 saturated carbocycles. The van der Waals surface area contributed by atoms with E-state index in [9.17, 15) is 14.0 Å². The van der Waals surface area contributed by atoms with E-state index >= 15 is 0 Å². The molecule has 0 aliphatic carbocycles. The van der Waals surface area contributed by atoms with Crippen LogP contribution in [0.15, 0.2) is 54.6 Å². The van der Waals surface area contributed by atoms with Gasteiger partial charge in [0.05, 0.1) is 0 Å². The van der Waals surface area contributed by atoms with Gasteiger partial charge in [-0.15, -0.1) is 0 Å². The van der Waals surface area contributed by atoms with Crippen LogP contribution in [0.2, 0.25) is 0 Å². The van der Waals surface area contributed by atoms with Gasteiger partial charge in [0.2, 0.25) is 11.8 Å². The molecule has 2 aromatic rings. The zero-order chi connectivity index (χ0) is 19.0. The highest BCUT2D eigenvalue weighted by atomic mass is 19.1. The van der Waals surface area contributed by atoms with Crippen molar-refractivity contribution >= 4 is 11.8 Å². The SMILES string of the molecule is CC(C)(C(=O)NCCCc1ccccc1)C(=O)NCc1ccc(F)cc1. The smallest absolute Gasteiger partial charge is 0.235 e. The highest BCUT2D eigenvalue weighted by Crippen LogP contribution is 2.16. The molecule has 0 spiro atoms. The Morgan fingerprint density at radius 1 is 0.885 bits per heavy atom. The van der Waals surface area contributed by atoms with Crippen molar-refractivity contribution in [3.63, 3.8) is 0 Å². The van der Waals surface area contributed by atoms with Gasteiger partial charge in [-0.2, -0.15) is 0 Å². The topological polar surface area (TPSA) is 58.2 Å². The number of benzene rings is 2. The Kier molecular flexibility index (Phi) is 6.89. The van der Waals surface area contributed by atoms with Crippen LogP contribution in [0.1, 0.15) is 31.4 Å². The molecule has 2 rings (SSSR count). The maximum absolute atomic E-state index is 12.9. The molecular formula is C21H25FN2O2. The zero-order valence-electron chi connectivity index (χ0n) is 15.2. The first-order valence-corrected chi connectivity index (χ1v) is 8.74. The summed E-state index contributed by atoms with van der Waals surface area (Å²) < 4.78 is 12.9. The van der Waals surface area contributed by atoms with Gasteiger partial charge >= 0.3 is 0 Å². The first-order chi connectivity index (χ1) is 12.4. The number of hydrogen-bond donors (Lipinski definition) is 2. The fraction of sp³-hybridized carbons (Fsp3) is 0.333. The van der Waals surface area contributed by atoms with E-state index in [0.717, 1.165) is 18.4 Å². The van der Waals surface area contributed by atoms with Crippen LogP contribution in [-0.4, -0.2) is 18.4 Å². The van der Waals surface area contributed by atoms with Crippen LogP contribution in [0.25, 0.3) is 0 Å². The van der Waals surface area contributed by atoms with Crippen LogP contribution in [0, 0.1) is 11.2 Å². The van der Waals surface area contributed by atoms with Gasteiger partial charge in [-0.05, 0) is 49.9 Å². The molecule has 26 heavy (non-hydrogen) atoms. The Balaban J connectivity index is 1.76. The van der Waals surface area contributed by atoms with E-state index in [1.54, 1.807) is 26.0 Å². The molecule has 0 bridgehead atoms. The largest absolute Gasteiger partial charge is 0.355 e. The third-order valence-corrected chi connectivity index (χ3v) is 4.27. The summed E-state index contributed by atoms with van der Waals surface area (Å²) in [6.07, 6.45) is 1.68. The van der Waals surface area contributed by atoms with Crippen LogP contribution in [0.3, 0.4) is 0 Å². The maximum Gasteiger partial charge on any atom is 0.235 e. The van der Waals surface area contributed by atoms with Gasteiger partial charge in [0, 0.05) is 13.1 Å². The van der Waals surface area contributed by atoms with Crippen molar-refractivity contribution < 1.29 is 14.0 Å². The highest BCUT2D eigenvalue weighted by molar-refractivity contribution is 6.04. The zero-order valence-corrected chi connectivity index (χ0v) is 15.2. The minimum absolute atomic E-state index is 0.254. The van der Waals surface area contributed by atoms with E-state index in [-0.39, 0.29) is 24.2 Å². The fourth-order valence-corrected chi connectivity index (χ4v) is 2.47. The van der Waals surface area contributed by atoms with Gasteiger partial charge in [-0.25, -0.2) is 4.39 Å². The Hall–Kier alpha value is -2.69. The van der Waals surface area contributed by atoms with Crippen molar-refractivity contribution in [2.75, 3.05) is 6.54 Å². The summed E-state index contributed by atoms with van der Waals surface area (Å²) >= 11 is 0. The lowest BCUT2D eigenvalue weighted by molar-refractivity contribution is -0.141. The molecule has 0 fully saturated rings. The number of nitrogens with one attached hydrogen (secondary N) is 2. The predicted octanol–water partition coefficient (Wildman–Crippen LogP) is 3.22. The first-order valence-electron chi connectivity index (χ1n) is 8.74. The third-order valence-electron chi connectivity index (χ3n) is 4.27. The molecule has 2 aromatic carbocycles. The molecule has 2 N–H and O–H groups in total. The Morgan fingerprint density at radius 3 is 2.15 bits per heavy atom. The molecule has 0 heterocycles. The third kappa shape index (κ3) is 5.69. The molecule has 0 saturated heterocycles. The average molecular weight is 356 g/mol. The van der Waals surface area contributed by atoms with Gasteiger partial charge < -0.3 is 10.6 Å². The van der Waals surface area contributed by atoms with Crippen LogP contribution < -0.4 is 10.6 Å². The van der Waals surface area contributed by atoms with E-state index in [0.29, 0.717) is 6.54 Å². The second-order valence-corrected chi connectivity index (χ2v) is 6.78. The lowest BCUT2D eigenvalue weighted by atomic mass is 9.91. The summed E-state index contributed by atoms with van der Waals surface area (Å²) in [5.41, 5.74) is 0.823. The molecule has 5 heteroatoms. The Morgan fingerprint density at radius 2 is 1.50 bits per heavy atom. The molecule has 0 aliphatic rings. The lowest BCUT2D eigenvalue weighted by Crippen LogP contribution is -2.47. The van der Waals surface area contributed by atoms with Gasteiger partial charge in [0.15, 0.2) is 0 Å². The second kappa shape index (κ2) is 9.13. The summed E-state index contributed by atoms with van der Waals surface area (Å²) in [4.78, 5) is 24.7. The summed E-state index contributed by atoms with van der Waals surface area (Å²) in [6.45, 7) is 3.96. The van der Waals surface area contributed by atoms with E-state index in [1.807, 2.05) is 18.2 Å². The van der Waals surface area contributed by atoms with Crippen LogP contribution in [0.5, 0.6) is 0 Å². The summed E-state index contributed by atoms with van der Waals surface area (Å²) in [7, 11) is 0. The van der Waals surface area contributed by atoms with Gasteiger partial charge in [-0.1, -0.05) is 42.5 Å². The van der Waals surface area contributed by atoms with E-state index < -0.39 is 5.41 Å². The average Bonchev–Trinajstić information content (AvgIpc) is 2.65. The maximum atomic E-state index is 12.9. The number of hydrogen-bond acceptors (Lipinski definition) is 2. The Labute approximate surface area is 153 Å². The van der Waals surface area contributed by atoms with E-state index in [2.05, 4.69) is 22.8 Å². The van der Waals surface area contributed by atoms with E-state index in [1.165, 1.54) is 17.7 Å². The van der Waals surface area contributed by atoms with Crippen molar-refractivity contribution in [1.29, 1.82) is 0 Å². The molecule has 4 nitrogen and oxygen atoms in total. The Bertz CT molecular complexity index is 727.